The molecule has 0 aliphatic rings. The van der Waals surface area contributed by atoms with Crippen LogP contribution in [-0.2, 0) is 0 Å². The van der Waals surface area contributed by atoms with E-state index < -0.39 is 0 Å². The van der Waals surface area contributed by atoms with Crippen LogP contribution in [0.2, 0.25) is 0 Å². The minimum atomic E-state index is -0.155. The van der Waals surface area contributed by atoms with Gasteiger partial charge in [0.2, 0.25) is 0 Å². The van der Waals surface area contributed by atoms with E-state index in [2.05, 4.69) is 15.1 Å². The smallest absolute Gasteiger partial charge is 0.270 e. The van der Waals surface area contributed by atoms with Gasteiger partial charge in [-0.15, -0.1) is 4.98 Å². The number of fused-ring (bicyclic) bond motifs is 1. The van der Waals surface area contributed by atoms with Gasteiger partial charge < -0.3 is 10.2 Å². The highest BCUT2D eigenvalue weighted by molar-refractivity contribution is 5.85. The summed E-state index contributed by atoms with van der Waals surface area (Å²) in [5, 5.41) is 3.77. The van der Waals surface area contributed by atoms with Crippen LogP contribution in [0.25, 0.3) is 21.4 Å². The fourth-order valence-corrected chi connectivity index (χ4v) is 2.89. The van der Waals surface area contributed by atoms with Crippen molar-refractivity contribution in [1.82, 2.24) is 9.55 Å². The SMILES string of the molecule is [C-]#[N+]c1cc2c(=O)cc(Nc3ccccc3)n(-c3ccccc3)c2cn1. The van der Waals surface area contributed by atoms with Crippen LogP contribution in [0.15, 0.2) is 83.8 Å². The van der Waals surface area contributed by atoms with Crippen molar-refractivity contribution < 1.29 is 0 Å². The number of para-hydroxylation sites is 2. The Bertz CT molecular complexity index is 1180. The Labute approximate surface area is 150 Å². The lowest BCUT2D eigenvalue weighted by atomic mass is 10.2. The summed E-state index contributed by atoms with van der Waals surface area (Å²) in [4.78, 5) is 20.1. The van der Waals surface area contributed by atoms with Gasteiger partial charge in [-0.2, -0.15) is 0 Å². The Morgan fingerprint density at radius 3 is 2.35 bits per heavy atom. The molecule has 1 N–H and O–H groups in total. The molecule has 124 valence electrons. The Morgan fingerprint density at radius 2 is 1.65 bits per heavy atom. The van der Waals surface area contributed by atoms with Crippen molar-refractivity contribution in [2.75, 3.05) is 5.32 Å². The van der Waals surface area contributed by atoms with E-state index in [0.717, 1.165) is 11.4 Å². The quantitative estimate of drug-likeness (QED) is 0.552. The normalized spacial score (nSPS) is 10.4. The predicted octanol–water partition coefficient (Wildman–Crippen LogP) is 4.68. The van der Waals surface area contributed by atoms with Crippen LogP contribution >= 0.6 is 0 Å². The topological polar surface area (TPSA) is 51.3 Å². The van der Waals surface area contributed by atoms with Gasteiger partial charge in [-0.05, 0) is 30.3 Å². The fraction of sp³-hybridized carbons (Fsp3) is 0. The first-order valence-electron chi connectivity index (χ1n) is 8.07. The van der Waals surface area contributed by atoms with E-state index in [-0.39, 0.29) is 11.2 Å². The standard InChI is InChI=1S/C21H14N4O/c1-22-20-12-17-18(14-23-20)25(16-10-6-3-7-11-16)21(13-19(17)26)24-15-8-4-2-5-9-15/h2-14,24H. The highest BCUT2D eigenvalue weighted by atomic mass is 16.1. The molecule has 5 heteroatoms. The van der Waals surface area contributed by atoms with E-state index in [4.69, 9.17) is 6.57 Å². The first-order chi connectivity index (χ1) is 12.8. The van der Waals surface area contributed by atoms with Gasteiger partial charge >= 0.3 is 0 Å². The summed E-state index contributed by atoms with van der Waals surface area (Å²) >= 11 is 0. The molecule has 4 rings (SSSR count). The van der Waals surface area contributed by atoms with Crippen molar-refractivity contribution in [2.24, 2.45) is 0 Å². The molecular weight excluding hydrogens is 324 g/mol. The van der Waals surface area contributed by atoms with Crippen LogP contribution in [-0.4, -0.2) is 9.55 Å². The van der Waals surface area contributed by atoms with E-state index in [1.54, 1.807) is 12.3 Å². The van der Waals surface area contributed by atoms with Gasteiger partial charge in [0.15, 0.2) is 5.43 Å². The number of hydrogen-bond donors (Lipinski definition) is 1. The van der Waals surface area contributed by atoms with Gasteiger partial charge in [-0.25, -0.2) is 0 Å². The zero-order chi connectivity index (χ0) is 17.9. The summed E-state index contributed by atoms with van der Waals surface area (Å²) in [7, 11) is 0. The van der Waals surface area contributed by atoms with Crippen molar-refractivity contribution in [3.8, 4) is 5.69 Å². The second-order valence-corrected chi connectivity index (χ2v) is 5.73. The predicted molar refractivity (Wildman–Crippen MR) is 103 cm³/mol. The summed E-state index contributed by atoms with van der Waals surface area (Å²) in [5.74, 6) is 0.843. The van der Waals surface area contributed by atoms with E-state index in [9.17, 15) is 4.79 Å². The van der Waals surface area contributed by atoms with Crippen LogP contribution in [0.3, 0.4) is 0 Å². The number of pyridine rings is 2. The second kappa shape index (κ2) is 6.54. The lowest BCUT2D eigenvalue weighted by molar-refractivity contribution is 1.09. The molecule has 0 radical (unpaired) electrons. The maximum Gasteiger partial charge on any atom is 0.270 e. The molecule has 0 fully saturated rings. The van der Waals surface area contributed by atoms with Crippen LogP contribution in [0, 0.1) is 6.57 Å². The second-order valence-electron chi connectivity index (χ2n) is 5.73. The molecular formula is C21H14N4O. The van der Waals surface area contributed by atoms with E-state index in [1.807, 2.05) is 65.2 Å². The Balaban J connectivity index is 2.02. The number of nitrogens with zero attached hydrogens (tertiary/aromatic N) is 3. The molecule has 0 aliphatic carbocycles. The molecule has 2 aromatic carbocycles. The Hall–Kier alpha value is -3.91. The fourth-order valence-electron chi connectivity index (χ4n) is 2.89. The third-order valence-corrected chi connectivity index (χ3v) is 4.06. The monoisotopic (exact) mass is 338 g/mol. The number of aromatic nitrogens is 2. The number of anilines is 2. The number of hydrogen-bond acceptors (Lipinski definition) is 3. The summed E-state index contributed by atoms with van der Waals surface area (Å²) < 4.78 is 1.93. The molecule has 5 nitrogen and oxygen atoms in total. The van der Waals surface area contributed by atoms with Crippen molar-refractivity contribution in [1.29, 1.82) is 0 Å². The highest BCUT2D eigenvalue weighted by Crippen LogP contribution is 2.26. The lowest BCUT2D eigenvalue weighted by Crippen LogP contribution is -2.12. The zero-order valence-corrected chi connectivity index (χ0v) is 13.8. The van der Waals surface area contributed by atoms with Gasteiger partial charge in [-0.1, -0.05) is 43.0 Å². The Morgan fingerprint density at radius 1 is 0.962 bits per heavy atom. The Kier molecular flexibility index (Phi) is 3.92. The number of rotatable bonds is 3. The third-order valence-electron chi connectivity index (χ3n) is 4.06. The lowest BCUT2D eigenvalue weighted by Gasteiger charge is -2.17. The van der Waals surface area contributed by atoms with Crippen LogP contribution < -0.4 is 10.7 Å². The van der Waals surface area contributed by atoms with E-state index in [1.165, 1.54) is 6.07 Å². The molecule has 0 atom stereocenters. The minimum Gasteiger partial charge on any atom is -0.361 e. The first-order valence-corrected chi connectivity index (χ1v) is 8.07. The summed E-state index contributed by atoms with van der Waals surface area (Å²) in [6.07, 6.45) is 1.58. The molecule has 0 spiro atoms. The van der Waals surface area contributed by atoms with Crippen molar-refractivity contribution in [3.63, 3.8) is 0 Å². The molecule has 2 aromatic heterocycles. The van der Waals surface area contributed by atoms with Gasteiger partial charge in [0, 0.05) is 22.8 Å². The van der Waals surface area contributed by atoms with Gasteiger partial charge in [-0.3, -0.25) is 9.36 Å². The van der Waals surface area contributed by atoms with Gasteiger partial charge in [0.1, 0.15) is 12.0 Å². The molecule has 2 heterocycles. The van der Waals surface area contributed by atoms with Crippen molar-refractivity contribution >= 4 is 28.2 Å². The molecule has 0 aliphatic heterocycles. The average Bonchev–Trinajstić information content (AvgIpc) is 2.69. The summed E-state index contributed by atoms with van der Waals surface area (Å²) in [6.45, 7) is 7.14. The summed E-state index contributed by atoms with van der Waals surface area (Å²) in [6, 6.07) is 22.5. The molecule has 0 bridgehead atoms. The maximum absolute atomic E-state index is 12.7. The first kappa shape index (κ1) is 15.6. The van der Waals surface area contributed by atoms with Crippen LogP contribution in [0.5, 0.6) is 0 Å². The van der Waals surface area contributed by atoms with Crippen molar-refractivity contribution in [3.05, 3.63) is 101 Å². The molecule has 0 saturated heterocycles. The number of nitrogens with one attached hydrogen (secondary N) is 1. The molecule has 0 unspecified atom stereocenters. The van der Waals surface area contributed by atoms with E-state index in [0.29, 0.717) is 16.7 Å². The molecule has 26 heavy (non-hydrogen) atoms. The molecule has 4 aromatic rings. The van der Waals surface area contributed by atoms with E-state index >= 15 is 0 Å². The average molecular weight is 338 g/mol. The maximum atomic E-state index is 12.7. The number of benzene rings is 2. The van der Waals surface area contributed by atoms with Crippen LogP contribution in [0.1, 0.15) is 0 Å². The van der Waals surface area contributed by atoms with Crippen molar-refractivity contribution in [2.45, 2.75) is 0 Å². The zero-order valence-electron chi connectivity index (χ0n) is 13.8. The third kappa shape index (κ3) is 2.80. The highest BCUT2D eigenvalue weighted by Gasteiger charge is 2.13. The largest absolute Gasteiger partial charge is 0.361 e. The van der Waals surface area contributed by atoms with Gasteiger partial charge in [0.25, 0.3) is 5.82 Å². The molecule has 0 saturated carbocycles. The minimum absolute atomic E-state index is 0.155. The van der Waals surface area contributed by atoms with Gasteiger partial charge in [0.05, 0.1) is 5.52 Å². The molecule has 0 amide bonds. The summed E-state index contributed by atoms with van der Waals surface area (Å²) in [5.41, 5.74) is 2.27. The van der Waals surface area contributed by atoms with Crippen LogP contribution in [0.4, 0.5) is 17.3 Å².